The van der Waals surface area contributed by atoms with E-state index in [-0.39, 0.29) is 5.91 Å². The number of benzene rings is 2. The molecule has 2 aromatic carbocycles. The smallest absolute Gasteiger partial charge is 0.260 e. The molecule has 0 bridgehead atoms. The van der Waals surface area contributed by atoms with Crippen molar-refractivity contribution in [3.63, 3.8) is 0 Å². The van der Waals surface area contributed by atoms with Gasteiger partial charge >= 0.3 is 0 Å². The molecule has 31 heavy (non-hydrogen) atoms. The van der Waals surface area contributed by atoms with Crippen LogP contribution in [0, 0.1) is 13.8 Å². The Bertz CT molecular complexity index is 1240. The van der Waals surface area contributed by atoms with Gasteiger partial charge in [0, 0.05) is 22.3 Å². The quantitative estimate of drug-likeness (QED) is 0.312. The zero-order valence-electron chi connectivity index (χ0n) is 18.1. The Kier molecular flexibility index (Phi) is 6.25. The molecule has 0 aliphatic heterocycles. The first-order chi connectivity index (χ1) is 14.8. The molecule has 4 aromatic rings. The molecule has 1 amide bonds. The Morgan fingerprint density at radius 3 is 2.61 bits per heavy atom. The number of para-hydroxylation sites is 1. The van der Waals surface area contributed by atoms with Gasteiger partial charge in [0.25, 0.3) is 5.91 Å². The fraction of sp³-hybridized carbons (Fsp3) is 0.292. The van der Waals surface area contributed by atoms with Gasteiger partial charge in [-0.2, -0.15) is 5.10 Å². The molecule has 4 rings (SSSR count). The number of halogens is 1. The first-order valence-corrected chi connectivity index (χ1v) is 11.9. The van der Waals surface area contributed by atoms with Crippen LogP contribution in [0.2, 0.25) is 0 Å². The van der Waals surface area contributed by atoms with Gasteiger partial charge in [-0.1, -0.05) is 59.3 Å². The van der Waals surface area contributed by atoms with Gasteiger partial charge in [-0.3, -0.25) is 14.4 Å². The van der Waals surface area contributed by atoms with E-state index in [1.165, 1.54) is 5.56 Å². The molecule has 0 saturated carbocycles. The Balaban J connectivity index is 1.74. The number of thiazole rings is 1. The van der Waals surface area contributed by atoms with Gasteiger partial charge in [-0.05, 0) is 55.7 Å². The molecule has 2 aromatic heterocycles. The topological polar surface area (TPSA) is 51.0 Å². The first-order valence-electron chi connectivity index (χ1n) is 10.3. The highest BCUT2D eigenvalue weighted by Crippen LogP contribution is 2.34. The average Bonchev–Trinajstić information content (AvgIpc) is 3.30. The molecule has 5 nitrogen and oxygen atoms in total. The van der Waals surface area contributed by atoms with Crippen molar-refractivity contribution in [3.8, 4) is 0 Å². The molecule has 0 unspecified atom stereocenters. The van der Waals surface area contributed by atoms with Crippen LogP contribution in [0.3, 0.4) is 0 Å². The van der Waals surface area contributed by atoms with Crippen LogP contribution in [0.4, 0.5) is 5.13 Å². The number of carbonyl (C=O) groups is 1. The average molecular weight is 497 g/mol. The molecule has 0 N–H and O–H groups in total. The maximum Gasteiger partial charge on any atom is 0.260 e. The van der Waals surface area contributed by atoms with Crippen molar-refractivity contribution in [2.75, 3.05) is 11.4 Å². The second-order valence-corrected chi connectivity index (χ2v) is 9.89. The molecule has 0 atom stereocenters. The summed E-state index contributed by atoms with van der Waals surface area (Å²) in [5, 5.41) is 5.27. The van der Waals surface area contributed by atoms with E-state index in [9.17, 15) is 4.79 Å². The van der Waals surface area contributed by atoms with Gasteiger partial charge in [0.1, 0.15) is 0 Å². The Morgan fingerprint density at radius 2 is 1.94 bits per heavy atom. The van der Waals surface area contributed by atoms with Gasteiger partial charge in [-0.15, -0.1) is 0 Å². The van der Waals surface area contributed by atoms with Gasteiger partial charge in [-0.25, -0.2) is 4.98 Å². The summed E-state index contributed by atoms with van der Waals surface area (Å²) in [5.74, 6) is 0.301. The third kappa shape index (κ3) is 4.57. The number of aryl methyl sites for hydroxylation is 2. The lowest BCUT2D eigenvalue weighted by Crippen LogP contribution is -2.34. The highest BCUT2D eigenvalue weighted by Gasteiger charge is 2.23. The molecule has 160 valence electrons. The highest BCUT2D eigenvalue weighted by molar-refractivity contribution is 9.10. The zero-order valence-corrected chi connectivity index (χ0v) is 20.5. The lowest BCUT2D eigenvalue weighted by molar-refractivity contribution is 0.0985. The third-order valence-corrected chi connectivity index (χ3v) is 6.78. The second kappa shape index (κ2) is 8.93. The van der Waals surface area contributed by atoms with E-state index in [1.54, 1.807) is 16.2 Å². The molecular weight excluding hydrogens is 472 g/mol. The number of hydrogen-bond acceptors (Lipinski definition) is 4. The molecule has 2 heterocycles. The van der Waals surface area contributed by atoms with E-state index < -0.39 is 0 Å². The molecule has 0 spiro atoms. The minimum atomic E-state index is -0.0621. The molecule has 0 aliphatic rings. The molecule has 0 radical (unpaired) electrons. The predicted molar refractivity (Wildman–Crippen MR) is 131 cm³/mol. The lowest BCUT2D eigenvalue weighted by atomic mass is 10.0. The molecule has 0 aliphatic carbocycles. The largest absolute Gasteiger partial charge is 0.282 e. The van der Waals surface area contributed by atoms with Crippen molar-refractivity contribution in [2.45, 2.75) is 40.2 Å². The number of hydrogen-bond donors (Lipinski definition) is 0. The van der Waals surface area contributed by atoms with Gasteiger partial charge in [0.15, 0.2) is 5.13 Å². The maximum atomic E-state index is 13.5. The molecule has 0 fully saturated rings. The maximum absolute atomic E-state index is 13.5. The van der Waals surface area contributed by atoms with Crippen molar-refractivity contribution >= 4 is 48.5 Å². The summed E-state index contributed by atoms with van der Waals surface area (Å²) >= 11 is 5.04. The minimum absolute atomic E-state index is 0.0621. The summed E-state index contributed by atoms with van der Waals surface area (Å²) < 4.78 is 3.92. The summed E-state index contributed by atoms with van der Waals surface area (Å²) in [5.41, 5.74) is 4.87. The number of anilines is 1. The fourth-order valence-corrected chi connectivity index (χ4v) is 5.12. The predicted octanol–water partition coefficient (Wildman–Crippen LogP) is 6.34. The summed E-state index contributed by atoms with van der Waals surface area (Å²) in [7, 11) is 0. The van der Waals surface area contributed by atoms with Crippen molar-refractivity contribution in [2.24, 2.45) is 0 Å². The van der Waals surface area contributed by atoms with Crippen molar-refractivity contribution in [1.82, 2.24) is 14.8 Å². The SMILES string of the molecule is Cc1cc(C)n(CCN(C(=O)c2cccc(Br)c2)c2nc3c(C(C)C)cccc3s2)n1. The van der Waals surface area contributed by atoms with Gasteiger partial charge in [0.05, 0.1) is 22.5 Å². The summed E-state index contributed by atoms with van der Waals surface area (Å²) in [6.45, 7) is 9.45. The van der Waals surface area contributed by atoms with E-state index in [4.69, 9.17) is 4.98 Å². The lowest BCUT2D eigenvalue weighted by Gasteiger charge is -2.20. The van der Waals surface area contributed by atoms with Crippen LogP contribution in [-0.4, -0.2) is 27.2 Å². The van der Waals surface area contributed by atoms with Crippen LogP contribution < -0.4 is 4.90 Å². The summed E-state index contributed by atoms with van der Waals surface area (Å²) in [6, 6.07) is 15.8. The summed E-state index contributed by atoms with van der Waals surface area (Å²) in [4.78, 5) is 20.3. The van der Waals surface area contributed by atoms with E-state index in [0.717, 1.165) is 31.2 Å². The third-order valence-electron chi connectivity index (χ3n) is 5.25. The number of amides is 1. The van der Waals surface area contributed by atoms with Crippen molar-refractivity contribution in [3.05, 3.63) is 75.5 Å². The van der Waals surface area contributed by atoms with Crippen molar-refractivity contribution < 1.29 is 4.79 Å². The van der Waals surface area contributed by atoms with E-state index in [1.807, 2.05) is 48.9 Å². The van der Waals surface area contributed by atoms with Crippen LogP contribution in [0.5, 0.6) is 0 Å². The molecule has 7 heteroatoms. The van der Waals surface area contributed by atoms with E-state index >= 15 is 0 Å². The fourth-order valence-electron chi connectivity index (χ4n) is 3.70. The number of carbonyl (C=O) groups excluding carboxylic acids is 1. The monoisotopic (exact) mass is 496 g/mol. The van der Waals surface area contributed by atoms with Crippen molar-refractivity contribution in [1.29, 1.82) is 0 Å². The van der Waals surface area contributed by atoms with Gasteiger partial charge < -0.3 is 0 Å². The highest BCUT2D eigenvalue weighted by atomic mass is 79.9. The number of fused-ring (bicyclic) bond motifs is 1. The molecule has 0 saturated heterocycles. The normalized spacial score (nSPS) is 11.4. The van der Waals surface area contributed by atoms with E-state index in [0.29, 0.717) is 24.6 Å². The van der Waals surface area contributed by atoms with Crippen LogP contribution in [-0.2, 0) is 6.54 Å². The number of aromatic nitrogens is 3. The Hall–Kier alpha value is -2.51. The van der Waals surface area contributed by atoms with Crippen LogP contribution in [0.1, 0.15) is 47.1 Å². The van der Waals surface area contributed by atoms with Crippen LogP contribution in [0.25, 0.3) is 10.2 Å². The Morgan fingerprint density at radius 1 is 1.16 bits per heavy atom. The van der Waals surface area contributed by atoms with E-state index in [2.05, 4.69) is 53.1 Å². The molecular formula is C24H25BrN4OS. The first kappa shape index (κ1) is 21.7. The second-order valence-electron chi connectivity index (χ2n) is 7.96. The van der Waals surface area contributed by atoms with Gasteiger partial charge in [0.2, 0.25) is 0 Å². The number of nitrogens with zero attached hydrogens (tertiary/aromatic N) is 4. The van der Waals surface area contributed by atoms with Crippen LogP contribution >= 0.6 is 27.3 Å². The summed E-state index contributed by atoms with van der Waals surface area (Å²) in [6.07, 6.45) is 0. The zero-order chi connectivity index (χ0) is 22.1. The van der Waals surface area contributed by atoms with Crippen LogP contribution in [0.15, 0.2) is 53.0 Å². The minimum Gasteiger partial charge on any atom is -0.282 e. The Labute approximate surface area is 194 Å². The standard InChI is InChI=1S/C24H25BrN4OS/c1-15(2)20-9-6-10-21-22(20)26-24(31-21)28(11-12-29-17(4)13-16(3)27-29)23(30)18-7-5-8-19(25)14-18/h5-10,13-15H,11-12H2,1-4H3. The number of rotatable bonds is 6.